The minimum absolute atomic E-state index is 0.360. The van der Waals surface area contributed by atoms with Gasteiger partial charge < -0.3 is 15.1 Å². The van der Waals surface area contributed by atoms with Crippen LogP contribution in [0.25, 0.3) is 27.8 Å². The summed E-state index contributed by atoms with van der Waals surface area (Å²) >= 11 is 0. The Bertz CT molecular complexity index is 1240. The molecule has 4 aromatic rings. The van der Waals surface area contributed by atoms with E-state index < -0.39 is 11.6 Å². The monoisotopic (exact) mass is 397 g/mol. The van der Waals surface area contributed by atoms with E-state index in [1.165, 1.54) is 6.07 Å². The second-order valence-electron chi connectivity index (χ2n) is 7.39. The summed E-state index contributed by atoms with van der Waals surface area (Å²) in [6, 6.07) is 6.15. The molecule has 1 saturated heterocycles. The van der Waals surface area contributed by atoms with Gasteiger partial charge in [-0.1, -0.05) is 0 Å². The first kappa shape index (κ1) is 18.0. The number of benzene rings is 1. The van der Waals surface area contributed by atoms with Crippen molar-refractivity contribution in [2.75, 3.05) is 50.5 Å². The lowest BCUT2D eigenvalue weighted by Gasteiger charge is -2.22. The number of rotatable bonds is 2. The highest BCUT2D eigenvalue weighted by Crippen LogP contribution is 2.28. The molecule has 0 bridgehead atoms. The second kappa shape index (κ2) is 6.77. The van der Waals surface area contributed by atoms with Crippen molar-refractivity contribution in [3.8, 4) is 0 Å². The van der Waals surface area contributed by atoms with Crippen molar-refractivity contribution < 1.29 is 8.78 Å². The molecule has 7 nitrogen and oxygen atoms in total. The Balaban J connectivity index is 1.77. The molecule has 0 saturated carbocycles. The molecule has 1 aliphatic rings. The van der Waals surface area contributed by atoms with Gasteiger partial charge >= 0.3 is 0 Å². The predicted molar refractivity (Wildman–Crippen MR) is 110 cm³/mol. The van der Waals surface area contributed by atoms with Crippen molar-refractivity contribution in [3.05, 3.63) is 35.9 Å². The van der Waals surface area contributed by atoms with Gasteiger partial charge in [-0.05, 0) is 32.1 Å². The summed E-state index contributed by atoms with van der Waals surface area (Å²) < 4.78 is 29.5. The molecule has 9 heteroatoms. The Morgan fingerprint density at radius 2 is 1.72 bits per heavy atom. The number of nitrogens with zero attached hydrogens (tertiary/aromatic N) is 6. The van der Waals surface area contributed by atoms with Gasteiger partial charge in [0.15, 0.2) is 28.7 Å². The van der Waals surface area contributed by atoms with E-state index in [0.29, 0.717) is 33.7 Å². The van der Waals surface area contributed by atoms with Crippen molar-refractivity contribution in [2.24, 2.45) is 0 Å². The first-order valence-corrected chi connectivity index (χ1v) is 9.64. The minimum Gasteiger partial charge on any atom is -0.370 e. The first-order valence-electron chi connectivity index (χ1n) is 9.64. The van der Waals surface area contributed by atoms with E-state index in [9.17, 15) is 8.78 Å². The Hall–Kier alpha value is -3.07. The largest absolute Gasteiger partial charge is 0.370 e. The average molecular weight is 397 g/mol. The molecular weight excluding hydrogens is 376 g/mol. The molecule has 1 aromatic carbocycles. The van der Waals surface area contributed by atoms with Gasteiger partial charge in [-0.3, -0.25) is 4.40 Å². The lowest BCUT2D eigenvalue weighted by Crippen LogP contribution is -2.29. The number of anilines is 2. The summed E-state index contributed by atoms with van der Waals surface area (Å²) in [5.74, 6) is -0.466. The van der Waals surface area contributed by atoms with E-state index in [2.05, 4.69) is 32.1 Å². The number of hydrogen-bond donors (Lipinski definition) is 1. The third kappa shape index (κ3) is 2.93. The molecule has 1 aliphatic heterocycles. The molecular formula is C20H21F2N7. The molecule has 1 fully saturated rings. The summed E-state index contributed by atoms with van der Waals surface area (Å²) in [7, 11) is 3.86. The summed E-state index contributed by atoms with van der Waals surface area (Å²) in [4.78, 5) is 18.5. The molecule has 4 heterocycles. The van der Waals surface area contributed by atoms with Crippen LogP contribution in [-0.4, -0.2) is 64.5 Å². The molecule has 150 valence electrons. The predicted octanol–water partition coefficient (Wildman–Crippen LogP) is 2.89. The molecule has 0 atom stereocenters. The minimum atomic E-state index is -0.925. The summed E-state index contributed by atoms with van der Waals surface area (Å²) in [5, 5.41) is 3.02. The highest BCUT2D eigenvalue weighted by molar-refractivity contribution is 5.91. The van der Waals surface area contributed by atoms with Crippen LogP contribution in [0, 0.1) is 11.6 Å². The lowest BCUT2D eigenvalue weighted by molar-refractivity contribution is 0.360. The van der Waals surface area contributed by atoms with Crippen LogP contribution in [0.2, 0.25) is 0 Å². The van der Waals surface area contributed by atoms with Gasteiger partial charge in [0.1, 0.15) is 11.3 Å². The topological polar surface area (TPSA) is 61.6 Å². The van der Waals surface area contributed by atoms with Crippen LogP contribution in [0.15, 0.2) is 24.3 Å². The van der Waals surface area contributed by atoms with Crippen molar-refractivity contribution in [1.29, 1.82) is 0 Å². The number of pyridine rings is 1. The maximum Gasteiger partial charge on any atom is 0.182 e. The summed E-state index contributed by atoms with van der Waals surface area (Å²) in [5.41, 5.74) is 2.53. The normalized spacial score (nSPS) is 16.1. The summed E-state index contributed by atoms with van der Waals surface area (Å²) in [6.07, 6.45) is 1.06. The fourth-order valence-electron chi connectivity index (χ4n) is 3.92. The van der Waals surface area contributed by atoms with Gasteiger partial charge in [0.2, 0.25) is 0 Å². The highest BCUT2D eigenvalue weighted by atomic mass is 19.2. The van der Waals surface area contributed by atoms with Crippen molar-refractivity contribution in [2.45, 2.75) is 6.42 Å². The SMILES string of the molecule is CNc1nc2ccc(N3CCCN(C)CC3)nc2n2c1nc1cc(F)c(F)cc12. The zero-order valence-corrected chi connectivity index (χ0v) is 16.3. The van der Waals surface area contributed by atoms with Crippen LogP contribution in [0.3, 0.4) is 0 Å². The van der Waals surface area contributed by atoms with Gasteiger partial charge in [-0.15, -0.1) is 0 Å². The van der Waals surface area contributed by atoms with E-state index in [4.69, 9.17) is 4.98 Å². The third-order valence-corrected chi connectivity index (χ3v) is 5.47. The van der Waals surface area contributed by atoms with Gasteiger partial charge in [0.25, 0.3) is 0 Å². The van der Waals surface area contributed by atoms with Crippen LogP contribution < -0.4 is 10.2 Å². The van der Waals surface area contributed by atoms with Gasteiger partial charge in [-0.2, -0.15) is 0 Å². The third-order valence-electron chi connectivity index (χ3n) is 5.47. The number of halogens is 2. The number of fused-ring (bicyclic) bond motifs is 5. The highest BCUT2D eigenvalue weighted by Gasteiger charge is 2.19. The number of hydrogen-bond acceptors (Lipinski definition) is 6. The maximum absolute atomic E-state index is 14.0. The Labute approximate surface area is 166 Å². The number of likely N-dealkylation sites (N-methyl/N-ethyl adjacent to an activating group) is 1. The molecule has 0 unspecified atom stereocenters. The molecule has 0 amide bonds. The molecule has 3 aromatic heterocycles. The molecule has 0 aliphatic carbocycles. The molecule has 29 heavy (non-hydrogen) atoms. The van der Waals surface area contributed by atoms with E-state index in [1.807, 2.05) is 12.1 Å². The number of aromatic nitrogens is 4. The van der Waals surface area contributed by atoms with Crippen molar-refractivity contribution in [1.82, 2.24) is 24.3 Å². The van der Waals surface area contributed by atoms with Crippen molar-refractivity contribution >= 4 is 39.5 Å². The molecule has 0 spiro atoms. The van der Waals surface area contributed by atoms with Crippen LogP contribution >= 0.6 is 0 Å². The average Bonchev–Trinajstić information content (AvgIpc) is 2.93. The van der Waals surface area contributed by atoms with Crippen LogP contribution in [0.5, 0.6) is 0 Å². The Morgan fingerprint density at radius 1 is 0.897 bits per heavy atom. The lowest BCUT2D eigenvalue weighted by atomic mass is 10.3. The van der Waals surface area contributed by atoms with Crippen LogP contribution in [0.1, 0.15) is 6.42 Å². The van der Waals surface area contributed by atoms with Crippen molar-refractivity contribution in [3.63, 3.8) is 0 Å². The van der Waals surface area contributed by atoms with E-state index in [-0.39, 0.29) is 0 Å². The van der Waals surface area contributed by atoms with E-state index in [1.54, 1.807) is 11.4 Å². The fraction of sp³-hybridized carbons (Fsp3) is 0.350. The van der Waals surface area contributed by atoms with Crippen LogP contribution in [-0.2, 0) is 0 Å². The van der Waals surface area contributed by atoms with E-state index >= 15 is 0 Å². The molecule has 5 rings (SSSR count). The summed E-state index contributed by atoms with van der Waals surface area (Å²) in [6.45, 7) is 3.81. The smallest absolute Gasteiger partial charge is 0.182 e. The zero-order chi connectivity index (χ0) is 20.1. The van der Waals surface area contributed by atoms with Crippen LogP contribution in [0.4, 0.5) is 20.4 Å². The van der Waals surface area contributed by atoms with Gasteiger partial charge in [0, 0.05) is 38.8 Å². The Kier molecular flexibility index (Phi) is 4.20. The van der Waals surface area contributed by atoms with E-state index in [0.717, 1.165) is 44.5 Å². The molecule has 0 radical (unpaired) electrons. The first-order chi connectivity index (χ1) is 14.0. The number of nitrogens with one attached hydrogen (secondary N) is 1. The standard InChI is InChI=1S/C20H21F2N7/c1-23-18-20-25-15-10-12(21)13(22)11-16(15)29(20)19-14(24-18)4-5-17(26-19)28-7-3-6-27(2)8-9-28/h4-5,10-11H,3,6-9H2,1-2H3,(H,23,24). The van der Waals surface area contributed by atoms with Gasteiger partial charge in [-0.25, -0.2) is 23.7 Å². The maximum atomic E-state index is 14.0. The quantitative estimate of drug-likeness (QED) is 0.561. The number of imidazole rings is 1. The molecule has 1 N–H and O–H groups in total. The van der Waals surface area contributed by atoms with Gasteiger partial charge in [0.05, 0.1) is 11.0 Å². The zero-order valence-electron chi connectivity index (χ0n) is 16.3. The fourth-order valence-corrected chi connectivity index (χ4v) is 3.92. The Morgan fingerprint density at radius 3 is 2.55 bits per heavy atom. The second-order valence-corrected chi connectivity index (χ2v) is 7.39.